The van der Waals surface area contributed by atoms with E-state index in [1.165, 1.54) is 6.08 Å². The molecule has 2 aromatic rings. The number of benzene rings is 2. The highest BCUT2D eigenvalue weighted by atomic mass is 35.5. The number of aliphatic imine (C=N–C) groups is 1. The third kappa shape index (κ3) is 2.75. The summed E-state index contributed by atoms with van der Waals surface area (Å²) in [7, 11) is 0. The summed E-state index contributed by atoms with van der Waals surface area (Å²) in [4.78, 5) is 14.0. The molecular weight excluding hydrogens is 257 g/mol. The van der Waals surface area contributed by atoms with Crippen LogP contribution in [0.15, 0.2) is 47.5 Å². The molecule has 0 heterocycles. The molecule has 0 bridgehead atoms. The summed E-state index contributed by atoms with van der Waals surface area (Å²) in [6, 6.07) is 12.4. The molecule has 0 unspecified atom stereocenters. The van der Waals surface area contributed by atoms with Crippen molar-refractivity contribution in [2.24, 2.45) is 4.99 Å². The van der Waals surface area contributed by atoms with Gasteiger partial charge in [-0.05, 0) is 29.8 Å². The minimum atomic E-state index is 0.539. The fourth-order valence-corrected chi connectivity index (χ4v) is 2.10. The largest absolute Gasteiger partial charge is 0.240 e. The average Bonchev–Trinajstić information content (AvgIpc) is 2.29. The van der Waals surface area contributed by atoms with E-state index in [9.17, 15) is 4.79 Å². The molecule has 0 saturated carbocycles. The lowest BCUT2D eigenvalue weighted by molar-refractivity contribution is 0.565. The van der Waals surface area contributed by atoms with Gasteiger partial charge in [0.15, 0.2) is 0 Å². The second-order valence-electron chi connectivity index (χ2n) is 3.38. The first kappa shape index (κ1) is 11.9. The summed E-state index contributed by atoms with van der Waals surface area (Å²) >= 11 is 11.9. The maximum absolute atomic E-state index is 10.3. The molecule has 84 valence electrons. The van der Waals surface area contributed by atoms with E-state index >= 15 is 0 Å². The summed E-state index contributed by atoms with van der Waals surface area (Å²) < 4.78 is 0. The van der Waals surface area contributed by atoms with Crippen molar-refractivity contribution in [2.75, 3.05) is 0 Å². The van der Waals surface area contributed by atoms with Crippen LogP contribution < -0.4 is 0 Å². The quantitative estimate of drug-likeness (QED) is 0.574. The first-order valence-electron chi connectivity index (χ1n) is 4.84. The Morgan fingerprint density at radius 1 is 1.00 bits per heavy atom. The normalized spacial score (nSPS) is 9.76. The fourth-order valence-electron chi connectivity index (χ4n) is 1.57. The number of rotatable bonds is 2. The molecule has 2 rings (SSSR count). The Balaban J connectivity index is 2.63. The third-order valence-corrected chi connectivity index (χ3v) is 2.68. The van der Waals surface area contributed by atoms with Crippen LogP contribution >= 0.6 is 23.2 Å². The van der Waals surface area contributed by atoms with Gasteiger partial charge in [-0.2, -0.15) is 4.99 Å². The maximum Gasteiger partial charge on any atom is 0.240 e. The Bertz CT molecular complexity index is 584. The molecule has 0 aliphatic carbocycles. The molecule has 0 spiro atoms. The summed E-state index contributed by atoms with van der Waals surface area (Å²) in [6.45, 7) is 0. The van der Waals surface area contributed by atoms with Gasteiger partial charge in [0.25, 0.3) is 0 Å². The van der Waals surface area contributed by atoms with Crippen molar-refractivity contribution in [3.05, 3.63) is 52.5 Å². The first-order chi connectivity index (χ1) is 8.20. The van der Waals surface area contributed by atoms with Crippen molar-refractivity contribution in [1.82, 2.24) is 0 Å². The fraction of sp³-hybridized carbons (Fsp3) is 0. The van der Waals surface area contributed by atoms with Gasteiger partial charge in [-0.25, -0.2) is 4.79 Å². The van der Waals surface area contributed by atoms with Crippen LogP contribution in [-0.4, -0.2) is 6.08 Å². The number of para-hydroxylation sites is 1. The van der Waals surface area contributed by atoms with Crippen LogP contribution in [0, 0.1) is 0 Å². The molecule has 0 fully saturated rings. The Kier molecular flexibility index (Phi) is 3.60. The minimum Gasteiger partial charge on any atom is -0.211 e. The lowest BCUT2D eigenvalue weighted by atomic mass is 10.0. The average molecular weight is 264 g/mol. The lowest BCUT2D eigenvalue weighted by Gasteiger charge is -2.05. The maximum atomic E-state index is 10.3. The van der Waals surface area contributed by atoms with Gasteiger partial charge in [0.05, 0.1) is 5.69 Å². The predicted molar refractivity (Wildman–Crippen MR) is 69.7 cm³/mol. The van der Waals surface area contributed by atoms with Crippen LogP contribution in [0.5, 0.6) is 0 Å². The van der Waals surface area contributed by atoms with Gasteiger partial charge in [0.1, 0.15) is 0 Å². The predicted octanol–water partition coefficient (Wildman–Crippen LogP) is 4.63. The lowest BCUT2D eigenvalue weighted by Crippen LogP contribution is -1.79. The van der Waals surface area contributed by atoms with Crippen molar-refractivity contribution >= 4 is 35.0 Å². The van der Waals surface area contributed by atoms with E-state index in [0.29, 0.717) is 15.7 Å². The number of halogens is 2. The molecule has 2 aromatic carbocycles. The van der Waals surface area contributed by atoms with Gasteiger partial charge in [0, 0.05) is 15.6 Å². The molecule has 0 aromatic heterocycles. The van der Waals surface area contributed by atoms with E-state index in [1.807, 2.05) is 12.1 Å². The Labute approximate surface area is 109 Å². The van der Waals surface area contributed by atoms with E-state index in [-0.39, 0.29) is 0 Å². The van der Waals surface area contributed by atoms with Crippen molar-refractivity contribution in [2.45, 2.75) is 0 Å². The van der Waals surface area contributed by atoms with E-state index in [2.05, 4.69) is 4.99 Å². The van der Waals surface area contributed by atoms with Crippen LogP contribution in [0.25, 0.3) is 11.1 Å². The zero-order chi connectivity index (χ0) is 12.3. The highest BCUT2D eigenvalue weighted by molar-refractivity contribution is 6.35. The standard InChI is InChI=1S/C13H7Cl2NO/c14-10-5-9(6-11(15)7-10)12-3-1-2-4-13(12)16-8-17/h1-7H. The molecule has 0 aliphatic heterocycles. The highest BCUT2D eigenvalue weighted by Crippen LogP contribution is 2.33. The Morgan fingerprint density at radius 2 is 1.65 bits per heavy atom. The van der Waals surface area contributed by atoms with Crippen molar-refractivity contribution in [1.29, 1.82) is 0 Å². The third-order valence-electron chi connectivity index (χ3n) is 2.24. The van der Waals surface area contributed by atoms with Gasteiger partial charge < -0.3 is 0 Å². The SMILES string of the molecule is O=C=Nc1ccccc1-c1cc(Cl)cc(Cl)c1. The van der Waals surface area contributed by atoms with E-state index in [4.69, 9.17) is 23.2 Å². The van der Waals surface area contributed by atoms with Gasteiger partial charge in [-0.15, -0.1) is 0 Å². The van der Waals surface area contributed by atoms with Crippen LogP contribution in [0.2, 0.25) is 10.0 Å². The van der Waals surface area contributed by atoms with Crippen molar-refractivity contribution < 1.29 is 4.79 Å². The summed E-state index contributed by atoms with van der Waals surface area (Å²) in [5, 5.41) is 1.08. The zero-order valence-corrected chi connectivity index (χ0v) is 10.2. The van der Waals surface area contributed by atoms with Crippen LogP contribution in [0.1, 0.15) is 0 Å². The summed E-state index contributed by atoms with van der Waals surface area (Å²) in [6.07, 6.45) is 1.53. The smallest absolute Gasteiger partial charge is 0.211 e. The summed E-state index contributed by atoms with van der Waals surface area (Å²) in [5.74, 6) is 0. The van der Waals surface area contributed by atoms with Crippen molar-refractivity contribution in [3.63, 3.8) is 0 Å². The minimum absolute atomic E-state index is 0.539. The molecule has 0 N–H and O–H groups in total. The van der Waals surface area contributed by atoms with E-state index in [1.54, 1.807) is 30.3 Å². The first-order valence-corrected chi connectivity index (χ1v) is 5.59. The topological polar surface area (TPSA) is 29.4 Å². The van der Waals surface area contributed by atoms with Crippen LogP contribution in [0.4, 0.5) is 5.69 Å². The number of isocyanates is 1. The van der Waals surface area contributed by atoms with Crippen LogP contribution in [0.3, 0.4) is 0 Å². The molecule has 0 radical (unpaired) electrons. The molecule has 0 aliphatic rings. The zero-order valence-electron chi connectivity index (χ0n) is 8.65. The van der Waals surface area contributed by atoms with Gasteiger partial charge in [0.2, 0.25) is 6.08 Å². The Morgan fingerprint density at radius 3 is 2.29 bits per heavy atom. The molecule has 0 saturated heterocycles. The monoisotopic (exact) mass is 263 g/mol. The number of hydrogen-bond donors (Lipinski definition) is 0. The molecule has 0 amide bonds. The van der Waals surface area contributed by atoms with Gasteiger partial charge in [-0.3, -0.25) is 0 Å². The Hall–Kier alpha value is -1.60. The second kappa shape index (κ2) is 5.15. The van der Waals surface area contributed by atoms with Gasteiger partial charge in [-0.1, -0.05) is 41.4 Å². The van der Waals surface area contributed by atoms with E-state index < -0.39 is 0 Å². The number of nitrogens with zero attached hydrogens (tertiary/aromatic N) is 1. The van der Waals surface area contributed by atoms with E-state index in [0.717, 1.165) is 11.1 Å². The number of hydrogen-bond acceptors (Lipinski definition) is 2. The molecule has 4 heteroatoms. The van der Waals surface area contributed by atoms with Gasteiger partial charge >= 0.3 is 0 Å². The molecule has 2 nitrogen and oxygen atoms in total. The highest BCUT2D eigenvalue weighted by Gasteiger charge is 2.05. The van der Waals surface area contributed by atoms with Crippen molar-refractivity contribution in [3.8, 4) is 11.1 Å². The van der Waals surface area contributed by atoms with Crippen LogP contribution in [-0.2, 0) is 4.79 Å². The summed E-state index contributed by atoms with van der Waals surface area (Å²) in [5.41, 5.74) is 2.15. The molecule has 0 atom stereocenters. The molecular formula is C13H7Cl2NO. The number of carbonyl (C=O) groups excluding carboxylic acids is 1. The molecule has 17 heavy (non-hydrogen) atoms. The second-order valence-corrected chi connectivity index (χ2v) is 4.25.